The Balaban J connectivity index is 2.76. The Bertz CT molecular complexity index is 124. The maximum absolute atomic E-state index is 3.90. The second-order valence-corrected chi connectivity index (χ2v) is 3.94. The molecule has 1 aromatic rings. The first kappa shape index (κ1) is 5.15. The predicted molar refractivity (Wildman–Crippen MR) is 29.2 cm³/mol. The molecule has 7 heavy (non-hydrogen) atoms. The summed E-state index contributed by atoms with van der Waals surface area (Å²) in [7, 11) is 0. The van der Waals surface area contributed by atoms with E-state index in [-0.39, 0.29) is 21.4 Å². The predicted octanol–water partition coefficient (Wildman–Crippen LogP) is 0.398. The van der Waals surface area contributed by atoms with Crippen LogP contribution in [0.15, 0.2) is 18.7 Å². The van der Waals surface area contributed by atoms with Crippen molar-refractivity contribution in [2.45, 2.75) is 4.94 Å². The van der Waals surface area contributed by atoms with Crippen molar-refractivity contribution in [2.24, 2.45) is 0 Å². The first-order chi connectivity index (χ1) is 3.43. The van der Waals surface area contributed by atoms with E-state index in [1.165, 1.54) is 0 Å². The zero-order chi connectivity index (χ0) is 5.11. The molecule has 0 unspecified atom stereocenters. The molecule has 36 valence electrons. The standard InChI is InChI=1S/C3H3N2.CH3.Sn/c1-2-5-3-4-1;;/h1-3H;1H3;/q-1;;+1. The van der Waals surface area contributed by atoms with Crippen LogP contribution in [-0.4, -0.2) is 29.2 Å². The summed E-state index contributed by atoms with van der Waals surface area (Å²) >= 11 is -0.242. The molecule has 0 fully saturated rings. The zero-order valence-corrected chi connectivity index (χ0v) is 6.98. The van der Waals surface area contributed by atoms with Crippen molar-refractivity contribution in [1.29, 1.82) is 0 Å². The molecule has 0 aliphatic heterocycles. The second kappa shape index (κ2) is 2.35. The van der Waals surface area contributed by atoms with E-state index in [9.17, 15) is 0 Å². The van der Waals surface area contributed by atoms with Crippen LogP contribution in [0.25, 0.3) is 0 Å². The fourth-order valence-corrected chi connectivity index (χ4v) is 1.53. The number of imidazole rings is 1. The molecule has 1 rings (SSSR count). The minimum absolute atomic E-state index is 0.242. The molecule has 0 aliphatic rings. The van der Waals surface area contributed by atoms with Crippen molar-refractivity contribution >= 4 is 21.4 Å². The first-order valence-corrected chi connectivity index (χ1v) is 6.22. The van der Waals surface area contributed by atoms with Gasteiger partial charge in [-0.05, 0) is 0 Å². The number of hydrogen-bond acceptors (Lipinski definition) is 1. The molecule has 0 bridgehead atoms. The molecule has 0 saturated carbocycles. The van der Waals surface area contributed by atoms with E-state index in [4.69, 9.17) is 0 Å². The van der Waals surface area contributed by atoms with Crippen LogP contribution >= 0.6 is 0 Å². The fraction of sp³-hybridized carbons (Fsp3) is 0.250. The molecule has 0 aromatic carbocycles. The van der Waals surface area contributed by atoms with Crippen molar-refractivity contribution in [3.63, 3.8) is 0 Å². The fourth-order valence-electron chi connectivity index (χ4n) is 0.391. The SMILES string of the molecule is [CH3][Sn][n]1ccnc1. The minimum atomic E-state index is -0.242. The van der Waals surface area contributed by atoms with E-state index in [1.54, 1.807) is 0 Å². The summed E-state index contributed by atoms with van der Waals surface area (Å²) in [6.07, 6.45) is 5.72. The third-order valence-electron chi connectivity index (χ3n) is 0.763. The number of aromatic nitrogens is 2. The van der Waals surface area contributed by atoms with E-state index >= 15 is 0 Å². The van der Waals surface area contributed by atoms with Crippen molar-refractivity contribution in [3.8, 4) is 0 Å². The van der Waals surface area contributed by atoms with Gasteiger partial charge >= 0.3 is 52.8 Å². The molecule has 0 N–H and O–H groups in total. The Kier molecular flexibility index (Phi) is 1.73. The summed E-state index contributed by atoms with van der Waals surface area (Å²) in [4.78, 5) is 6.15. The van der Waals surface area contributed by atoms with Crippen molar-refractivity contribution < 1.29 is 0 Å². The molecular weight excluding hydrogens is 195 g/mol. The average Bonchev–Trinajstić information content (AvgIpc) is 2.14. The Morgan fingerprint density at radius 3 is 2.86 bits per heavy atom. The summed E-state index contributed by atoms with van der Waals surface area (Å²) in [5.41, 5.74) is 0. The van der Waals surface area contributed by atoms with Gasteiger partial charge in [0.1, 0.15) is 0 Å². The summed E-state index contributed by atoms with van der Waals surface area (Å²) in [6, 6.07) is 0. The molecule has 0 saturated heterocycles. The van der Waals surface area contributed by atoms with Crippen LogP contribution in [0, 0.1) is 0 Å². The molecule has 2 nitrogen and oxygen atoms in total. The van der Waals surface area contributed by atoms with Gasteiger partial charge in [0.2, 0.25) is 0 Å². The third kappa shape index (κ3) is 1.19. The summed E-state index contributed by atoms with van der Waals surface area (Å²) in [5, 5.41) is 0. The third-order valence-corrected chi connectivity index (χ3v) is 2.99. The Hall–Kier alpha value is 0.00870. The van der Waals surface area contributed by atoms with Crippen LogP contribution in [0.4, 0.5) is 0 Å². The van der Waals surface area contributed by atoms with E-state index in [1.807, 2.05) is 18.7 Å². The maximum atomic E-state index is 3.90. The molecule has 0 spiro atoms. The van der Waals surface area contributed by atoms with Gasteiger partial charge in [-0.3, -0.25) is 0 Å². The quantitative estimate of drug-likeness (QED) is 0.601. The van der Waals surface area contributed by atoms with Crippen molar-refractivity contribution in [3.05, 3.63) is 18.7 Å². The topological polar surface area (TPSA) is 17.8 Å². The summed E-state index contributed by atoms with van der Waals surface area (Å²) in [6.45, 7) is 0. The number of nitrogens with zero attached hydrogens (tertiary/aromatic N) is 2. The molecule has 0 aliphatic carbocycles. The van der Waals surface area contributed by atoms with Crippen LogP contribution in [0.3, 0.4) is 0 Å². The Morgan fingerprint density at radius 1 is 1.71 bits per heavy atom. The molecule has 0 atom stereocenters. The Morgan fingerprint density at radius 2 is 2.57 bits per heavy atom. The van der Waals surface area contributed by atoms with Crippen LogP contribution < -0.4 is 0 Å². The van der Waals surface area contributed by atoms with E-state index in [0.717, 1.165) is 0 Å². The normalized spacial score (nSPS) is 9.29. The number of hydrogen-bond donors (Lipinski definition) is 0. The van der Waals surface area contributed by atoms with Gasteiger partial charge in [0, 0.05) is 0 Å². The molecular formula is C4H6N2Sn. The van der Waals surface area contributed by atoms with E-state index in [0.29, 0.717) is 0 Å². The average molecular weight is 201 g/mol. The van der Waals surface area contributed by atoms with Gasteiger partial charge in [-0.1, -0.05) is 0 Å². The molecule has 1 heterocycles. The van der Waals surface area contributed by atoms with Gasteiger partial charge in [-0.25, -0.2) is 0 Å². The first-order valence-electron chi connectivity index (χ1n) is 2.09. The van der Waals surface area contributed by atoms with Gasteiger partial charge < -0.3 is 0 Å². The molecule has 1 aromatic heterocycles. The van der Waals surface area contributed by atoms with Gasteiger partial charge in [-0.15, -0.1) is 0 Å². The zero-order valence-electron chi connectivity index (χ0n) is 4.13. The van der Waals surface area contributed by atoms with Crippen molar-refractivity contribution in [1.82, 2.24) is 7.77 Å². The molecule has 2 radical (unpaired) electrons. The van der Waals surface area contributed by atoms with Crippen LogP contribution in [0.2, 0.25) is 4.94 Å². The number of rotatable bonds is 1. The van der Waals surface area contributed by atoms with Gasteiger partial charge in [0.25, 0.3) is 0 Å². The Labute approximate surface area is 53.1 Å². The monoisotopic (exact) mass is 202 g/mol. The van der Waals surface area contributed by atoms with E-state index in [2.05, 4.69) is 12.7 Å². The van der Waals surface area contributed by atoms with Crippen LogP contribution in [-0.2, 0) is 0 Å². The van der Waals surface area contributed by atoms with E-state index < -0.39 is 0 Å². The van der Waals surface area contributed by atoms with Gasteiger partial charge in [0.15, 0.2) is 0 Å². The summed E-state index contributed by atoms with van der Waals surface area (Å²) in [5.74, 6) is 0. The van der Waals surface area contributed by atoms with Crippen LogP contribution in [0.1, 0.15) is 0 Å². The van der Waals surface area contributed by atoms with Crippen LogP contribution in [0.5, 0.6) is 0 Å². The second-order valence-electron chi connectivity index (χ2n) is 1.19. The van der Waals surface area contributed by atoms with Gasteiger partial charge in [-0.2, -0.15) is 0 Å². The molecule has 0 amide bonds. The van der Waals surface area contributed by atoms with Crippen molar-refractivity contribution in [2.75, 3.05) is 0 Å². The summed E-state index contributed by atoms with van der Waals surface area (Å²) < 4.78 is 2.18. The van der Waals surface area contributed by atoms with Gasteiger partial charge in [0.05, 0.1) is 0 Å². The molecule has 3 heteroatoms.